The van der Waals surface area contributed by atoms with Crippen molar-refractivity contribution in [1.82, 2.24) is 85.5 Å². The first-order valence-electron chi connectivity index (χ1n) is 37.1. The largest absolute Gasteiger partial charge is 0.491 e. The zero-order valence-corrected chi connectivity index (χ0v) is 64.2. The zero-order chi connectivity index (χ0) is 77.7. The lowest BCUT2D eigenvalue weighted by atomic mass is 9.84. The third kappa shape index (κ3) is 16.4. The van der Waals surface area contributed by atoms with Crippen molar-refractivity contribution in [2.24, 2.45) is 0 Å². The number of benzene rings is 4. The highest BCUT2D eigenvalue weighted by Crippen LogP contribution is 2.36. The van der Waals surface area contributed by atoms with Crippen molar-refractivity contribution in [3.8, 4) is 23.0 Å². The summed E-state index contributed by atoms with van der Waals surface area (Å²) in [4.78, 5) is 74.8. The number of nitrogens with zero attached hydrogens (tertiary/aromatic N) is 10. The van der Waals surface area contributed by atoms with Crippen LogP contribution in [0.25, 0.3) is 27.7 Å². The number of pyridine rings is 4. The van der Waals surface area contributed by atoms with Crippen molar-refractivity contribution >= 4 is 51.2 Å². The first-order valence-corrected chi connectivity index (χ1v) is 37.1. The lowest BCUT2D eigenvalue weighted by Crippen LogP contribution is -2.43. The van der Waals surface area contributed by atoms with Gasteiger partial charge in [-0.2, -0.15) is 0 Å². The molecule has 3 amide bonds. The second-order valence-electron chi connectivity index (χ2n) is 30.0. The van der Waals surface area contributed by atoms with E-state index in [1.54, 1.807) is 31.3 Å². The number of aromatic nitrogens is 10. The summed E-state index contributed by atoms with van der Waals surface area (Å²) < 4.78 is 43.7. The average molecular weight is 1490 g/mol. The summed E-state index contributed by atoms with van der Waals surface area (Å²) in [7, 11) is 0. The third-order valence-electron chi connectivity index (χ3n) is 19.8. The Hall–Kier alpha value is -11.6. The van der Waals surface area contributed by atoms with Crippen LogP contribution in [0.15, 0.2) is 152 Å². The van der Waals surface area contributed by atoms with Gasteiger partial charge in [-0.3, -0.25) is 23.6 Å². The van der Waals surface area contributed by atoms with Gasteiger partial charge >= 0.3 is 0 Å². The molecule has 4 aliphatic rings. The van der Waals surface area contributed by atoms with E-state index in [1.807, 2.05) is 211 Å². The highest BCUT2D eigenvalue weighted by atomic mass is 19.1. The Morgan fingerprint density at radius 3 is 1.64 bits per heavy atom. The fourth-order valence-electron chi connectivity index (χ4n) is 14.5. The number of Topliss-reactive ketones (excluding diaryl/α,β-unsaturated/α-hetero) is 1. The van der Waals surface area contributed by atoms with Crippen LogP contribution in [-0.4, -0.2) is 124 Å². The minimum absolute atomic E-state index is 0.0585. The van der Waals surface area contributed by atoms with Crippen LogP contribution in [0.5, 0.6) is 23.0 Å². The predicted molar refractivity (Wildman–Crippen MR) is 418 cm³/mol. The molecule has 7 N–H and O–H groups in total. The number of fused-ring (bicyclic) bond motifs is 8. The minimum Gasteiger partial charge on any atom is -0.491 e. The lowest BCUT2D eigenvalue weighted by molar-refractivity contribution is 0.0891. The molecule has 12 heterocycles. The number of hydrogen-bond acceptors (Lipinski definition) is 19. The normalized spacial score (nSPS) is 14.3. The zero-order valence-electron chi connectivity index (χ0n) is 64.2. The first kappa shape index (κ1) is 76.6. The highest BCUT2D eigenvalue weighted by molar-refractivity contribution is 6.01. The molecule has 0 spiro atoms. The summed E-state index contributed by atoms with van der Waals surface area (Å²) in [6.07, 6.45) is 9.69. The van der Waals surface area contributed by atoms with Gasteiger partial charge < -0.3 is 65.0 Å². The number of hydrogen-bond donors (Lipinski definition) is 7. The van der Waals surface area contributed by atoms with E-state index >= 15 is 0 Å². The van der Waals surface area contributed by atoms with Gasteiger partial charge in [0.1, 0.15) is 78.1 Å². The molecule has 25 nitrogen and oxygen atoms in total. The number of carbonyl (C=O) groups is 4. The van der Waals surface area contributed by atoms with E-state index in [-0.39, 0.29) is 29.0 Å². The maximum atomic E-state index is 14.3. The summed E-state index contributed by atoms with van der Waals surface area (Å²) in [5.74, 6) is 3.49. The molecule has 0 saturated heterocycles. The molecular formula is C84H94FN17O8. The van der Waals surface area contributed by atoms with E-state index in [0.717, 1.165) is 99.4 Å². The number of rotatable bonds is 13. The van der Waals surface area contributed by atoms with Crippen molar-refractivity contribution in [3.63, 3.8) is 0 Å². The molecule has 0 saturated carbocycles. The van der Waals surface area contributed by atoms with Gasteiger partial charge in [0.15, 0.2) is 22.9 Å². The average Bonchev–Trinajstić information content (AvgIpc) is 1.08. The SMILES string of the molecule is Cc1cccn2c(C(C)(C)CC(=O)c3cccc4c3OCCNC4)nnc12.Cc1cccn2c(C(C)(C)NC(=O)c3nccc4c3OCCNC4)ncc12.Cc1nc(C(C)(C)NC(=O)c2cccc3c2OCCNC3)c2cccc(F)c2n1.Cc1nc2ccccn2c1C(C)(C)NC(=O)c1cccc2c1OCCNC2. The molecule has 110 heavy (non-hydrogen) atoms. The standard InChI is InChI=1S/C22H23FN4O2.2C21H24N4O2.C20H23N5O2/c1-13-25-18-15(7-5-9-17(18)23)20(26-13)22(2,3)27-21(28)16-8-4-6-14-12-24-10-11-29-19(14)16;1-14-6-5-10-25-19(14)23-24-20(25)21(2,3)12-17(26)16-8-4-7-15-13-22-9-11-27-18(15)16;1-14-19(25-11-5-4-9-17(25)23-14)21(2,3)24-20(26)16-8-6-7-15-13-22-10-12-27-18(15)16;1-13-5-4-9-25-15(13)12-23-19(25)20(2,3)24-18(26)16-17-14(6-7-22-16)11-21-8-10-27-17/h4-9,24H,10-12H2,1-3H3,(H,27,28);4-8,10,22H,9,11-13H2,1-3H3;4-9,11,22H,10,12-13H2,1-3H3,(H,24,26);4-7,9,12,21H,8,10-11H2,1-3H3,(H,24,26). The van der Waals surface area contributed by atoms with Crippen molar-refractivity contribution in [3.05, 3.63) is 248 Å². The topological polar surface area (TPSA) is 293 Å². The fraction of sp³-hybridized carbons (Fsp3) is 0.345. The van der Waals surface area contributed by atoms with E-state index in [4.69, 9.17) is 18.9 Å². The van der Waals surface area contributed by atoms with E-state index in [0.29, 0.717) is 121 Å². The summed E-state index contributed by atoms with van der Waals surface area (Å²) in [6, 6.07) is 37.6. The molecule has 0 atom stereocenters. The molecule has 570 valence electrons. The number of aryl methyl sites for hydroxylation is 4. The maximum Gasteiger partial charge on any atom is 0.274 e. The number of para-hydroxylation sites is 4. The van der Waals surface area contributed by atoms with Gasteiger partial charge in [0.05, 0.1) is 62.1 Å². The second kappa shape index (κ2) is 32.3. The van der Waals surface area contributed by atoms with Crippen molar-refractivity contribution in [2.75, 3.05) is 52.6 Å². The molecule has 0 radical (unpaired) electrons. The van der Waals surface area contributed by atoms with Gasteiger partial charge in [-0.05, 0) is 135 Å². The predicted octanol–water partition coefficient (Wildman–Crippen LogP) is 11.3. The number of ether oxygens (including phenoxy) is 4. The molecule has 4 aromatic carbocycles. The molecule has 8 aromatic heterocycles. The summed E-state index contributed by atoms with van der Waals surface area (Å²) in [5.41, 5.74) is 10.9. The first-order chi connectivity index (χ1) is 52.8. The number of carbonyl (C=O) groups excluding carboxylic acids is 4. The van der Waals surface area contributed by atoms with Crippen molar-refractivity contribution < 1.29 is 42.5 Å². The summed E-state index contributed by atoms with van der Waals surface area (Å²) >= 11 is 0. The summed E-state index contributed by atoms with van der Waals surface area (Å²) in [5, 5.41) is 31.7. The minimum atomic E-state index is -0.859. The molecule has 4 aliphatic heterocycles. The number of imidazole rings is 2. The molecule has 26 heteroatoms. The fourth-order valence-corrected chi connectivity index (χ4v) is 14.5. The molecular weight excluding hydrogens is 1390 g/mol. The third-order valence-corrected chi connectivity index (χ3v) is 19.8. The van der Waals surface area contributed by atoms with Crippen LogP contribution in [0.2, 0.25) is 0 Å². The van der Waals surface area contributed by atoms with Gasteiger partial charge in [-0.15, -0.1) is 10.2 Å². The maximum absolute atomic E-state index is 14.3. The Labute approximate surface area is 638 Å². The van der Waals surface area contributed by atoms with Gasteiger partial charge in [0.2, 0.25) is 0 Å². The summed E-state index contributed by atoms with van der Waals surface area (Å²) in [6.45, 7) is 31.2. The molecule has 0 unspecified atom stereocenters. The van der Waals surface area contributed by atoms with Gasteiger partial charge in [0.25, 0.3) is 17.7 Å². The van der Waals surface area contributed by atoms with E-state index in [9.17, 15) is 23.6 Å². The van der Waals surface area contributed by atoms with Crippen LogP contribution >= 0.6 is 0 Å². The highest BCUT2D eigenvalue weighted by Gasteiger charge is 2.36. The van der Waals surface area contributed by atoms with Crippen LogP contribution in [0, 0.1) is 33.5 Å². The van der Waals surface area contributed by atoms with E-state index in [2.05, 4.69) is 72.3 Å². The number of nitrogens with one attached hydrogen (secondary N) is 7. The molecule has 0 bridgehead atoms. The van der Waals surface area contributed by atoms with Crippen LogP contribution in [-0.2, 0) is 48.2 Å². The Morgan fingerprint density at radius 1 is 0.491 bits per heavy atom. The molecule has 0 fully saturated rings. The Balaban J connectivity index is 0.000000129. The molecule has 0 aliphatic carbocycles. The van der Waals surface area contributed by atoms with Crippen LogP contribution in [0.3, 0.4) is 0 Å². The number of ketones is 1. The number of halogens is 1. The van der Waals surface area contributed by atoms with Gasteiger partial charge in [-0.25, -0.2) is 29.3 Å². The Bertz CT molecular complexity index is 5290. The lowest BCUT2D eigenvalue weighted by Gasteiger charge is -2.28. The molecule has 16 rings (SSSR count). The van der Waals surface area contributed by atoms with Gasteiger partial charge in [0, 0.05) is 117 Å². The molecule has 12 aromatic rings. The van der Waals surface area contributed by atoms with Crippen molar-refractivity contribution in [2.45, 2.75) is 138 Å². The Morgan fingerprint density at radius 2 is 1.02 bits per heavy atom. The Kier molecular flexibility index (Phi) is 22.5. The smallest absolute Gasteiger partial charge is 0.274 e. The quantitative estimate of drug-likeness (QED) is 0.0528. The van der Waals surface area contributed by atoms with Crippen LogP contribution in [0.4, 0.5) is 4.39 Å². The van der Waals surface area contributed by atoms with Gasteiger partial charge in [-0.1, -0.05) is 80.6 Å². The monoisotopic (exact) mass is 1490 g/mol. The van der Waals surface area contributed by atoms with E-state index < -0.39 is 27.8 Å². The van der Waals surface area contributed by atoms with E-state index in [1.165, 1.54) is 6.07 Å². The van der Waals surface area contributed by atoms with Crippen LogP contribution in [0.1, 0.15) is 171 Å². The van der Waals surface area contributed by atoms with Crippen LogP contribution < -0.4 is 56.2 Å². The second-order valence-corrected chi connectivity index (χ2v) is 30.0. The number of amides is 3. The van der Waals surface area contributed by atoms with Crippen molar-refractivity contribution in [1.29, 1.82) is 0 Å².